The molecule has 2 aromatic rings. The van der Waals surface area contributed by atoms with Gasteiger partial charge in [0.1, 0.15) is 5.75 Å². The molecule has 0 saturated carbocycles. The minimum atomic E-state index is -0.136. The van der Waals surface area contributed by atoms with Crippen molar-refractivity contribution in [1.82, 2.24) is 14.9 Å². The largest absolute Gasteiger partial charge is 0.497 e. The number of rotatable bonds is 4. The van der Waals surface area contributed by atoms with Gasteiger partial charge in [0.15, 0.2) is 0 Å². The SMILES string of the molecule is CNC(C)(C)c1cncn1-c1ccc(OC)cc1C. The summed E-state index contributed by atoms with van der Waals surface area (Å²) in [5.74, 6) is 0.871. The minimum absolute atomic E-state index is 0.136. The van der Waals surface area contributed by atoms with Gasteiger partial charge in [-0.1, -0.05) is 0 Å². The first kappa shape index (κ1) is 13.6. The second-order valence-corrected chi connectivity index (χ2v) is 5.18. The molecular weight excluding hydrogens is 238 g/mol. The molecule has 0 bridgehead atoms. The Morgan fingerprint density at radius 3 is 2.63 bits per heavy atom. The number of aromatic nitrogens is 2. The van der Waals surface area contributed by atoms with Crippen LogP contribution in [0.25, 0.3) is 5.69 Å². The second kappa shape index (κ2) is 5.05. The van der Waals surface area contributed by atoms with Gasteiger partial charge in [0.25, 0.3) is 0 Å². The number of methoxy groups -OCH3 is 1. The Hall–Kier alpha value is -1.81. The van der Waals surface area contributed by atoms with Crippen LogP contribution in [0.5, 0.6) is 5.75 Å². The van der Waals surface area contributed by atoms with Crippen molar-refractivity contribution in [3.8, 4) is 11.4 Å². The average Bonchev–Trinajstić information content (AvgIpc) is 2.88. The highest BCUT2D eigenvalue weighted by Crippen LogP contribution is 2.26. The van der Waals surface area contributed by atoms with E-state index in [1.165, 1.54) is 0 Å². The third-order valence-electron chi connectivity index (χ3n) is 3.57. The summed E-state index contributed by atoms with van der Waals surface area (Å²) in [5, 5.41) is 3.31. The second-order valence-electron chi connectivity index (χ2n) is 5.18. The third-order valence-corrected chi connectivity index (χ3v) is 3.57. The van der Waals surface area contributed by atoms with Crippen molar-refractivity contribution in [2.45, 2.75) is 26.3 Å². The van der Waals surface area contributed by atoms with Gasteiger partial charge < -0.3 is 14.6 Å². The van der Waals surface area contributed by atoms with Gasteiger partial charge in [-0.3, -0.25) is 0 Å². The van der Waals surface area contributed by atoms with E-state index in [4.69, 9.17) is 4.74 Å². The highest BCUT2D eigenvalue weighted by Gasteiger charge is 2.23. The highest BCUT2D eigenvalue weighted by atomic mass is 16.5. The Bertz CT molecular complexity index is 573. The van der Waals surface area contributed by atoms with Gasteiger partial charge in [-0.15, -0.1) is 0 Å². The Balaban J connectivity index is 2.52. The Labute approximate surface area is 114 Å². The van der Waals surface area contributed by atoms with E-state index >= 15 is 0 Å². The first-order chi connectivity index (χ1) is 8.99. The predicted molar refractivity (Wildman–Crippen MR) is 76.9 cm³/mol. The molecule has 0 unspecified atom stereocenters. The van der Waals surface area contributed by atoms with Gasteiger partial charge in [-0.2, -0.15) is 0 Å². The van der Waals surface area contributed by atoms with Crippen LogP contribution in [0, 0.1) is 6.92 Å². The molecule has 0 aliphatic rings. The zero-order valence-electron chi connectivity index (χ0n) is 12.2. The quantitative estimate of drug-likeness (QED) is 0.917. The van der Waals surface area contributed by atoms with Crippen molar-refractivity contribution in [2.75, 3.05) is 14.2 Å². The molecule has 1 N–H and O–H groups in total. The monoisotopic (exact) mass is 259 g/mol. The summed E-state index contributed by atoms with van der Waals surface area (Å²) in [6.45, 7) is 6.35. The zero-order valence-corrected chi connectivity index (χ0v) is 12.2. The summed E-state index contributed by atoms with van der Waals surface area (Å²) in [6.07, 6.45) is 3.75. The van der Waals surface area contributed by atoms with Gasteiger partial charge in [0.05, 0.1) is 36.6 Å². The van der Waals surface area contributed by atoms with Crippen LogP contribution in [0.4, 0.5) is 0 Å². The van der Waals surface area contributed by atoms with E-state index in [-0.39, 0.29) is 5.54 Å². The first-order valence-electron chi connectivity index (χ1n) is 6.36. The summed E-state index contributed by atoms with van der Waals surface area (Å²) in [5.41, 5.74) is 3.27. The summed E-state index contributed by atoms with van der Waals surface area (Å²) in [6, 6.07) is 6.06. The third kappa shape index (κ3) is 2.49. The topological polar surface area (TPSA) is 39.1 Å². The lowest BCUT2D eigenvalue weighted by Crippen LogP contribution is -2.35. The minimum Gasteiger partial charge on any atom is -0.497 e. The number of nitrogens with one attached hydrogen (secondary N) is 1. The van der Waals surface area contributed by atoms with Crippen molar-refractivity contribution in [3.63, 3.8) is 0 Å². The van der Waals surface area contributed by atoms with E-state index in [1.54, 1.807) is 7.11 Å². The van der Waals surface area contributed by atoms with E-state index in [9.17, 15) is 0 Å². The summed E-state index contributed by atoms with van der Waals surface area (Å²) in [4.78, 5) is 4.29. The Kier molecular flexibility index (Phi) is 3.62. The number of hydrogen-bond acceptors (Lipinski definition) is 3. The van der Waals surface area contributed by atoms with Gasteiger partial charge in [0.2, 0.25) is 0 Å². The van der Waals surface area contributed by atoms with Crippen molar-refractivity contribution in [2.24, 2.45) is 0 Å². The van der Waals surface area contributed by atoms with E-state index in [0.717, 1.165) is 22.7 Å². The fraction of sp³-hybridized carbons (Fsp3) is 0.400. The fourth-order valence-electron chi connectivity index (χ4n) is 2.10. The molecule has 0 aliphatic heterocycles. The molecule has 0 radical (unpaired) electrons. The molecular formula is C15H21N3O. The van der Waals surface area contributed by atoms with E-state index in [1.807, 2.05) is 31.7 Å². The highest BCUT2D eigenvalue weighted by molar-refractivity contribution is 5.46. The zero-order chi connectivity index (χ0) is 14.0. The van der Waals surface area contributed by atoms with Crippen LogP contribution < -0.4 is 10.1 Å². The summed E-state index contributed by atoms with van der Waals surface area (Å²) in [7, 11) is 3.64. The number of aryl methyl sites for hydroxylation is 1. The van der Waals surface area contributed by atoms with E-state index in [2.05, 4.69) is 41.7 Å². The maximum Gasteiger partial charge on any atom is 0.119 e. The summed E-state index contributed by atoms with van der Waals surface area (Å²) >= 11 is 0. The number of benzene rings is 1. The first-order valence-corrected chi connectivity index (χ1v) is 6.36. The van der Waals surface area contributed by atoms with Crippen LogP contribution >= 0.6 is 0 Å². The van der Waals surface area contributed by atoms with Gasteiger partial charge >= 0.3 is 0 Å². The normalized spacial score (nSPS) is 11.6. The lowest BCUT2D eigenvalue weighted by atomic mass is 10.0. The van der Waals surface area contributed by atoms with Crippen LogP contribution in [0.15, 0.2) is 30.7 Å². The van der Waals surface area contributed by atoms with Crippen LogP contribution in [0.3, 0.4) is 0 Å². The van der Waals surface area contributed by atoms with Crippen molar-refractivity contribution >= 4 is 0 Å². The molecule has 0 saturated heterocycles. The molecule has 0 aliphatic carbocycles. The standard InChI is InChI=1S/C15H21N3O/c1-11-8-12(19-5)6-7-13(11)18-10-17-9-14(18)15(2,3)16-4/h6-10,16H,1-5H3. The van der Waals surface area contributed by atoms with E-state index < -0.39 is 0 Å². The average molecular weight is 259 g/mol. The maximum absolute atomic E-state index is 5.25. The number of nitrogens with zero attached hydrogens (tertiary/aromatic N) is 2. The van der Waals surface area contributed by atoms with Gasteiger partial charge in [-0.05, 0) is 51.6 Å². The van der Waals surface area contributed by atoms with Gasteiger partial charge in [0, 0.05) is 0 Å². The number of imidazole rings is 1. The smallest absolute Gasteiger partial charge is 0.119 e. The molecule has 1 aromatic carbocycles. The molecule has 1 heterocycles. The molecule has 2 rings (SSSR count). The lowest BCUT2D eigenvalue weighted by molar-refractivity contribution is 0.414. The fourth-order valence-corrected chi connectivity index (χ4v) is 2.10. The predicted octanol–water partition coefficient (Wildman–Crippen LogP) is 2.64. The van der Waals surface area contributed by atoms with Crippen LogP contribution in [-0.2, 0) is 5.54 Å². The lowest BCUT2D eigenvalue weighted by Gasteiger charge is -2.26. The molecule has 102 valence electrons. The van der Waals surface area contributed by atoms with E-state index in [0.29, 0.717) is 0 Å². The Morgan fingerprint density at radius 2 is 2.05 bits per heavy atom. The number of hydrogen-bond donors (Lipinski definition) is 1. The maximum atomic E-state index is 5.25. The van der Waals surface area contributed by atoms with Crippen molar-refractivity contribution < 1.29 is 4.74 Å². The van der Waals surface area contributed by atoms with Crippen molar-refractivity contribution in [1.29, 1.82) is 0 Å². The molecule has 0 spiro atoms. The molecule has 4 heteroatoms. The summed E-state index contributed by atoms with van der Waals surface area (Å²) < 4.78 is 7.37. The molecule has 0 amide bonds. The van der Waals surface area contributed by atoms with Crippen LogP contribution in [0.2, 0.25) is 0 Å². The molecule has 0 fully saturated rings. The van der Waals surface area contributed by atoms with Crippen LogP contribution in [-0.4, -0.2) is 23.7 Å². The number of ether oxygens (including phenoxy) is 1. The molecule has 4 nitrogen and oxygen atoms in total. The molecule has 19 heavy (non-hydrogen) atoms. The van der Waals surface area contributed by atoms with Crippen LogP contribution in [0.1, 0.15) is 25.1 Å². The van der Waals surface area contributed by atoms with Gasteiger partial charge in [-0.25, -0.2) is 4.98 Å². The van der Waals surface area contributed by atoms with Crippen molar-refractivity contribution in [3.05, 3.63) is 42.0 Å². The molecule has 1 aromatic heterocycles. The Morgan fingerprint density at radius 1 is 1.32 bits per heavy atom. The molecule has 0 atom stereocenters.